The second-order valence-electron chi connectivity index (χ2n) is 4.55. The highest BCUT2D eigenvalue weighted by molar-refractivity contribution is 7.71. The first-order valence-corrected chi connectivity index (χ1v) is 6.51. The molecule has 0 bridgehead atoms. The van der Waals surface area contributed by atoms with Gasteiger partial charge in [-0.05, 0) is 43.8 Å². The third-order valence-corrected chi connectivity index (χ3v) is 2.88. The van der Waals surface area contributed by atoms with Crippen LogP contribution in [0, 0.1) is 4.77 Å². The van der Waals surface area contributed by atoms with Crippen LogP contribution in [0.15, 0.2) is 41.3 Å². The van der Waals surface area contributed by atoms with Crippen LogP contribution in [-0.4, -0.2) is 15.7 Å². The lowest BCUT2D eigenvalue weighted by molar-refractivity contribution is 0.242. The Labute approximate surface area is 116 Å². The maximum atomic E-state index is 11.1. The zero-order valence-electron chi connectivity index (χ0n) is 10.9. The maximum Gasteiger partial charge on any atom is 0.251 e. The van der Waals surface area contributed by atoms with Gasteiger partial charge in [-0.1, -0.05) is 12.1 Å². The molecule has 1 heterocycles. The Bertz CT molecular complexity index is 656. The first-order chi connectivity index (χ1) is 9.04. The smallest absolute Gasteiger partial charge is 0.251 e. The van der Waals surface area contributed by atoms with Crippen LogP contribution in [0.25, 0.3) is 0 Å². The van der Waals surface area contributed by atoms with Gasteiger partial charge in [-0.2, -0.15) is 0 Å². The van der Waals surface area contributed by atoms with Gasteiger partial charge in [0.05, 0.1) is 6.10 Å². The van der Waals surface area contributed by atoms with Gasteiger partial charge in [0.1, 0.15) is 5.75 Å². The number of hydrogen-bond donors (Lipinski definition) is 1. The van der Waals surface area contributed by atoms with E-state index in [1.54, 1.807) is 6.20 Å². The topological polar surface area (TPSA) is 47.0 Å². The standard InChI is InChI=1S/C14H16N2O2S/c1-10(2)18-12-5-3-11(4-6-12)9-16-8-7-13(17)15-14(16)19/h3-8,10H,9H2,1-2H3,(H,15,17,19). The third kappa shape index (κ3) is 3.79. The number of hydrogen-bond acceptors (Lipinski definition) is 3. The molecule has 0 saturated carbocycles. The number of aromatic nitrogens is 2. The van der Waals surface area contributed by atoms with E-state index < -0.39 is 0 Å². The average molecular weight is 276 g/mol. The predicted molar refractivity (Wildman–Crippen MR) is 77.2 cm³/mol. The Morgan fingerprint density at radius 3 is 2.53 bits per heavy atom. The lowest BCUT2D eigenvalue weighted by Crippen LogP contribution is -2.11. The van der Waals surface area contributed by atoms with Crippen LogP contribution in [0.1, 0.15) is 19.4 Å². The summed E-state index contributed by atoms with van der Waals surface area (Å²) in [6, 6.07) is 9.32. The first-order valence-electron chi connectivity index (χ1n) is 6.10. The molecule has 1 N–H and O–H groups in total. The van der Waals surface area contributed by atoms with E-state index in [2.05, 4.69) is 4.98 Å². The Hall–Kier alpha value is -1.88. The van der Waals surface area contributed by atoms with E-state index in [-0.39, 0.29) is 11.7 Å². The van der Waals surface area contributed by atoms with E-state index in [0.717, 1.165) is 11.3 Å². The minimum absolute atomic E-state index is 0.165. The molecule has 1 aromatic carbocycles. The fourth-order valence-corrected chi connectivity index (χ4v) is 1.94. The van der Waals surface area contributed by atoms with Gasteiger partial charge in [-0.3, -0.25) is 9.78 Å². The van der Waals surface area contributed by atoms with E-state index in [1.807, 2.05) is 42.7 Å². The molecule has 0 spiro atoms. The molecule has 0 unspecified atom stereocenters. The van der Waals surface area contributed by atoms with Crippen LogP contribution < -0.4 is 10.3 Å². The van der Waals surface area contributed by atoms with Gasteiger partial charge in [-0.25, -0.2) is 0 Å². The van der Waals surface area contributed by atoms with Crippen molar-refractivity contribution in [1.29, 1.82) is 0 Å². The molecule has 2 aromatic rings. The van der Waals surface area contributed by atoms with Crippen LogP contribution >= 0.6 is 12.2 Å². The van der Waals surface area contributed by atoms with E-state index >= 15 is 0 Å². The number of rotatable bonds is 4. The largest absolute Gasteiger partial charge is 0.491 e. The molecule has 0 atom stereocenters. The fourth-order valence-electron chi connectivity index (χ4n) is 1.71. The molecule has 4 nitrogen and oxygen atoms in total. The van der Waals surface area contributed by atoms with Crippen LogP contribution in [0.3, 0.4) is 0 Å². The van der Waals surface area contributed by atoms with Gasteiger partial charge in [-0.15, -0.1) is 0 Å². The van der Waals surface area contributed by atoms with Crippen molar-refractivity contribution < 1.29 is 4.74 Å². The summed E-state index contributed by atoms with van der Waals surface area (Å²) in [6.07, 6.45) is 1.86. The Balaban J connectivity index is 2.15. The first kappa shape index (κ1) is 13.5. The normalized spacial score (nSPS) is 10.7. The summed E-state index contributed by atoms with van der Waals surface area (Å²) in [5.74, 6) is 0.851. The monoisotopic (exact) mass is 276 g/mol. The molecule has 0 aliphatic heterocycles. The Kier molecular flexibility index (Phi) is 4.16. The van der Waals surface area contributed by atoms with Crippen molar-refractivity contribution in [2.75, 3.05) is 0 Å². The predicted octanol–water partition coefficient (Wildman–Crippen LogP) is 2.74. The van der Waals surface area contributed by atoms with Crippen LogP contribution in [0.2, 0.25) is 0 Å². The number of aromatic amines is 1. The summed E-state index contributed by atoms with van der Waals surface area (Å²) >= 11 is 5.10. The Morgan fingerprint density at radius 1 is 1.26 bits per heavy atom. The van der Waals surface area contributed by atoms with Gasteiger partial charge in [0, 0.05) is 18.8 Å². The van der Waals surface area contributed by atoms with E-state index in [9.17, 15) is 4.79 Å². The lowest BCUT2D eigenvalue weighted by Gasteiger charge is -2.11. The fraction of sp³-hybridized carbons (Fsp3) is 0.286. The molecule has 0 aliphatic carbocycles. The number of H-pyrrole nitrogens is 1. The van der Waals surface area contributed by atoms with Gasteiger partial charge in [0.2, 0.25) is 0 Å². The summed E-state index contributed by atoms with van der Waals surface area (Å²) in [7, 11) is 0. The summed E-state index contributed by atoms with van der Waals surface area (Å²) in [5, 5.41) is 0. The second-order valence-corrected chi connectivity index (χ2v) is 4.94. The molecule has 0 radical (unpaired) electrons. The molecule has 0 saturated heterocycles. The van der Waals surface area contributed by atoms with Crippen LogP contribution in [-0.2, 0) is 6.54 Å². The number of benzene rings is 1. The SMILES string of the molecule is CC(C)Oc1ccc(Cn2ccc(=O)[nH]c2=S)cc1. The van der Waals surface area contributed by atoms with E-state index in [1.165, 1.54) is 6.07 Å². The number of nitrogens with one attached hydrogen (secondary N) is 1. The molecule has 2 rings (SSSR count). The minimum Gasteiger partial charge on any atom is -0.491 e. The van der Waals surface area contributed by atoms with E-state index in [0.29, 0.717) is 11.3 Å². The van der Waals surface area contributed by atoms with Crippen molar-refractivity contribution in [2.24, 2.45) is 0 Å². The number of nitrogens with zero attached hydrogens (tertiary/aromatic N) is 1. The quantitative estimate of drug-likeness (QED) is 0.873. The van der Waals surface area contributed by atoms with Gasteiger partial charge in [0.25, 0.3) is 5.56 Å². The van der Waals surface area contributed by atoms with Crippen molar-refractivity contribution in [3.8, 4) is 5.75 Å². The van der Waals surface area contributed by atoms with Crippen molar-refractivity contribution in [2.45, 2.75) is 26.5 Å². The van der Waals surface area contributed by atoms with Crippen molar-refractivity contribution >= 4 is 12.2 Å². The minimum atomic E-state index is -0.179. The molecule has 1 aromatic heterocycles. The van der Waals surface area contributed by atoms with Crippen molar-refractivity contribution in [3.05, 3.63) is 57.2 Å². The highest BCUT2D eigenvalue weighted by Crippen LogP contribution is 2.14. The van der Waals surface area contributed by atoms with Crippen LogP contribution in [0.4, 0.5) is 0 Å². The zero-order valence-corrected chi connectivity index (χ0v) is 11.7. The molecule has 0 aliphatic rings. The lowest BCUT2D eigenvalue weighted by atomic mass is 10.2. The molecular weight excluding hydrogens is 260 g/mol. The molecule has 100 valence electrons. The Morgan fingerprint density at radius 2 is 1.95 bits per heavy atom. The summed E-state index contributed by atoms with van der Waals surface area (Å²) in [6.45, 7) is 4.61. The van der Waals surface area contributed by atoms with Crippen LogP contribution in [0.5, 0.6) is 5.75 Å². The molecule has 0 amide bonds. The number of ether oxygens (including phenoxy) is 1. The molecule has 5 heteroatoms. The van der Waals surface area contributed by atoms with E-state index in [4.69, 9.17) is 17.0 Å². The average Bonchev–Trinajstić information content (AvgIpc) is 2.34. The zero-order chi connectivity index (χ0) is 13.8. The second kappa shape index (κ2) is 5.84. The molecule has 0 fully saturated rings. The van der Waals surface area contributed by atoms with Gasteiger partial charge >= 0.3 is 0 Å². The van der Waals surface area contributed by atoms with Gasteiger partial charge < -0.3 is 9.30 Å². The summed E-state index contributed by atoms with van der Waals surface area (Å²) in [4.78, 5) is 13.7. The summed E-state index contributed by atoms with van der Waals surface area (Å²) < 4.78 is 7.82. The highest BCUT2D eigenvalue weighted by atomic mass is 32.1. The summed E-state index contributed by atoms with van der Waals surface area (Å²) in [5.41, 5.74) is 0.918. The van der Waals surface area contributed by atoms with Crippen molar-refractivity contribution in [3.63, 3.8) is 0 Å². The molecule has 19 heavy (non-hydrogen) atoms. The maximum absolute atomic E-state index is 11.1. The van der Waals surface area contributed by atoms with Gasteiger partial charge in [0.15, 0.2) is 4.77 Å². The van der Waals surface area contributed by atoms with Crippen molar-refractivity contribution in [1.82, 2.24) is 9.55 Å². The highest BCUT2D eigenvalue weighted by Gasteiger charge is 1.99. The molecular formula is C14H16N2O2S. The third-order valence-electron chi connectivity index (χ3n) is 2.54.